The van der Waals surface area contributed by atoms with Crippen LogP contribution < -0.4 is 5.73 Å². The van der Waals surface area contributed by atoms with Crippen LogP contribution in [0.2, 0.25) is 0 Å². The minimum Gasteiger partial charge on any atom is -0.330 e. The summed E-state index contributed by atoms with van der Waals surface area (Å²) in [5, 5.41) is 2.08. The average Bonchev–Trinajstić information content (AvgIpc) is 2.47. The Hall–Kier alpha value is -0.120. The van der Waals surface area contributed by atoms with Crippen molar-refractivity contribution in [2.45, 2.75) is 13.3 Å². The van der Waals surface area contributed by atoms with Gasteiger partial charge in [-0.25, -0.2) is 0 Å². The van der Waals surface area contributed by atoms with Gasteiger partial charge in [-0.2, -0.15) is 0 Å². The standard InChI is InChI=1S/C9H12BrNS/c1-7(3-2-5-11)9-8(10)4-6-12-9/h3-4,6H,2,5,11H2,1H3. The van der Waals surface area contributed by atoms with Crippen molar-refractivity contribution in [2.24, 2.45) is 5.73 Å². The second kappa shape index (κ2) is 4.80. The highest BCUT2D eigenvalue weighted by atomic mass is 79.9. The lowest BCUT2D eigenvalue weighted by atomic mass is 10.2. The molecule has 0 saturated carbocycles. The number of halogens is 1. The lowest BCUT2D eigenvalue weighted by Gasteiger charge is -1.97. The van der Waals surface area contributed by atoms with Crippen molar-refractivity contribution in [3.05, 3.63) is 26.9 Å². The van der Waals surface area contributed by atoms with E-state index in [1.165, 1.54) is 14.9 Å². The van der Waals surface area contributed by atoms with Crippen LogP contribution in [0, 0.1) is 0 Å². The van der Waals surface area contributed by atoms with E-state index in [0.29, 0.717) is 0 Å². The third-order valence-electron chi connectivity index (χ3n) is 1.59. The first-order chi connectivity index (χ1) is 5.75. The maximum absolute atomic E-state index is 5.42. The summed E-state index contributed by atoms with van der Waals surface area (Å²) in [6, 6.07) is 2.07. The maximum Gasteiger partial charge on any atom is 0.0438 e. The molecule has 0 aliphatic heterocycles. The Kier molecular flexibility index (Phi) is 3.98. The Bertz CT molecular complexity index is 278. The Labute approximate surface area is 85.4 Å². The van der Waals surface area contributed by atoms with Gasteiger partial charge in [-0.3, -0.25) is 0 Å². The van der Waals surface area contributed by atoms with Gasteiger partial charge < -0.3 is 5.73 Å². The van der Waals surface area contributed by atoms with Gasteiger partial charge >= 0.3 is 0 Å². The number of allylic oxidation sites excluding steroid dienone is 1. The molecule has 1 aromatic heterocycles. The van der Waals surface area contributed by atoms with Crippen LogP contribution in [0.3, 0.4) is 0 Å². The molecule has 0 bridgehead atoms. The first-order valence-electron chi connectivity index (χ1n) is 3.86. The molecule has 2 N–H and O–H groups in total. The molecule has 0 spiro atoms. The fourth-order valence-electron chi connectivity index (χ4n) is 0.968. The molecular formula is C9H12BrNS. The third kappa shape index (κ3) is 2.44. The summed E-state index contributed by atoms with van der Waals surface area (Å²) in [6.07, 6.45) is 3.13. The van der Waals surface area contributed by atoms with Gasteiger partial charge in [0.25, 0.3) is 0 Å². The molecule has 1 heterocycles. The molecule has 0 amide bonds. The lowest BCUT2D eigenvalue weighted by Crippen LogP contribution is -1.95. The van der Waals surface area contributed by atoms with E-state index in [2.05, 4.69) is 40.4 Å². The van der Waals surface area contributed by atoms with Crippen LogP contribution in [0.5, 0.6) is 0 Å². The van der Waals surface area contributed by atoms with Crippen molar-refractivity contribution in [1.29, 1.82) is 0 Å². The number of hydrogen-bond donors (Lipinski definition) is 1. The highest BCUT2D eigenvalue weighted by molar-refractivity contribution is 9.10. The molecule has 1 nitrogen and oxygen atoms in total. The van der Waals surface area contributed by atoms with Crippen molar-refractivity contribution in [3.8, 4) is 0 Å². The summed E-state index contributed by atoms with van der Waals surface area (Å²) in [7, 11) is 0. The van der Waals surface area contributed by atoms with Gasteiger partial charge in [0, 0.05) is 9.35 Å². The van der Waals surface area contributed by atoms with Gasteiger partial charge in [-0.05, 0) is 52.8 Å². The predicted octanol–water partition coefficient (Wildman–Crippen LogP) is 3.26. The van der Waals surface area contributed by atoms with Gasteiger partial charge in [-0.1, -0.05) is 6.08 Å². The summed E-state index contributed by atoms with van der Waals surface area (Å²) < 4.78 is 1.18. The molecule has 3 heteroatoms. The van der Waals surface area contributed by atoms with Crippen LogP contribution in [0.1, 0.15) is 18.2 Å². The van der Waals surface area contributed by atoms with Crippen molar-refractivity contribution < 1.29 is 0 Å². The largest absolute Gasteiger partial charge is 0.330 e. The van der Waals surface area contributed by atoms with Crippen LogP contribution in [-0.2, 0) is 0 Å². The first-order valence-corrected chi connectivity index (χ1v) is 5.53. The van der Waals surface area contributed by atoms with Crippen molar-refractivity contribution in [1.82, 2.24) is 0 Å². The lowest BCUT2D eigenvalue weighted by molar-refractivity contribution is 1.01. The minimum atomic E-state index is 0.723. The van der Waals surface area contributed by atoms with E-state index in [-0.39, 0.29) is 0 Å². The monoisotopic (exact) mass is 245 g/mol. The quantitative estimate of drug-likeness (QED) is 0.870. The number of nitrogens with two attached hydrogens (primary N) is 1. The summed E-state index contributed by atoms with van der Waals surface area (Å²) in [5.74, 6) is 0. The van der Waals surface area contributed by atoms with Gasteiger partial charge in [0.2, 0.25) is 0 Å². The molecule has 1 aromatic rings. The van der Waals surface area contributed by atoms with Crippen LogP contribution >= 0.6 is 27.3 Å². The third-order valence-corrected chi connectivity index (χ3v) is 3.57. The summed E-state index contributed by atoms with van der Waals surface area (Å²) in [6.45, 7) is 2.84. The van der Waals surface area contributed by atoms with Crippen molar-refractivity contribution in [2.75, 3.05) is 6.54 Å². The van der Waals surface area contributed by atoms with Crippen molar-refractivity contribution >= 4 is 32.8 Å². The molecule has 0 fully saturated rings. The zero-order valence-electron chi connectivity index (χ0n) is 7.01. The molecule has 12 heavy (non-hydrogen) atoms. The smallest absolute Gasteiger partial charge is 0.0438 e. The molecule has 0 radical (unpaired) electrons. The Morgan fingerprint density at radius 1 is 1.75 bits per heavy atom. The average molecular weight is 246 g/mol. The van der Waals surface area contributed by atoms with Gasteiger partial charge in [0.15, 0.2) is 0 Å². The van der Waals surface area contributed by atoms with E-state index in [1.807, 2.05) is 0 Å². The molecule has 0 aliphatic rings. The van der Waals surface area contributed by atoms with E-state index in [9.17, 15) is 0 Å². The highest BCUT2D eigenvalue weighted by Crippen LogP contribution is 2.29. The second-order valence-corrected chi connectivity index (χ2v) is 4.33. The zero-order chi connectivity index (χ0) is 8.97. The van der Waals surface area contributed by atoms with Gasteiger partial charge in [-0.15, -0.1) is 11.3 Å². The van der Waals surface area contributed by atoms with Crippen LogP contribution in [0.25, 0.3) is 5.57 Å². The van der Waals surface area contributed by atoms with E-state index in [4.69, 9.17) is 5.73 Å². The minimum absolute atomic E-state index is 0.723. The van der Waals surface area contributed by atoms with Gasteiger partial charge in [0.05, 0.1) is 0 Å². The molecule has 0 atom stereocenters. The zero-order valence-corrected chi connectivity index (χ0v) is 9.41. The molecule has 0 aliphatic carbocycles. The van der Waals surface area contributed by atoms with E-state index >= 15 is 0 Å². The normalized spacial score (nSPS) is 12.1. The number of thiophene rings is 1. The fraction of sp³-hybridized carbons (Fsp3) is 0.333. The Morgan fingerprint density at radius 2 is 2.50 bits per heavy atom. The Balaban J connectivity index is 2.77. The summed E-state index contributed by atoms with van der Waals surface area (Å²) in [4.78, 5) is 1.31. The predicted molar refractivity (Wildman–Crippen MR) is 59.3 cm³/mol. The summed E-state index contributed by atoms with van der Waals surface area (Å²) >= 11 is 5.25. The maximum atomic E-state index is 5.42. The van der Waals surface area contributed by atoms with Crippen LogP contribution in [0.15, 0.2) is 22.0 Å². The fourth-order valence-corrected chi connectivity index (χ4v) is 2.66. The molecule has 0 aromatic carbocycles. The number of rotatable bonds is 3. The van der Waals surface area contributed by atoms with E-state index in [0.717, 1.165) is 13.0 Å². The molecule has 66 valence electrons. The second-order valence-electron chi connectivity index (χ2n) is 2.56. The van der Waals surface area contributed by atoms with Gasteiger partial charge in [0.1, 0.15) is 0 Å². The van der Waals surface area contributed by atoms with Crippen molar-refractivity contribution in [3.63, 3.8) is 0 Å². The molecular weight excluding hydrogens is 234 g/mol. The number of hydrogen-bond acceptors (Lipinski definition) is 2. The topological polar surface area (TPSA) is 26.0 Å². The molecule has 0 unspecified atom stereocenters. The van der Waals surface area contributed by atoms with Crippen LogP contribution in [-0.4, -0.2) is 6.54 Å². The SMILES string of the molecule is CC(=CCCN)c1sccc1Br. The highest BCUT2D eigenvalue weighted by Gasteiger charge is 2.01. The first kappa shape index (κ1) is 9.96. The Morgan fingerprint density at radius 3 is 3.00 bits per heavy atom. The molecule has 1 rings (SSSR count). The van der Waals surface area contributed by atoms with Crippen LogP contribution in [0.4, 0.5) is 0 Å². The summed E-state index contributed by atoms with van der Waals surface area (Å²) in [5.41, 5.74) is 6.72. The van der Waals surface area contributed by atoms with E-state index < -0.39 is 0 Å². The molecule has 0 saturated heterocycles. The van der Waals surface area contributed by atoms with E-state index in [1.54, 1.807) is 11.3 Å².